The highest BCUT2D eigenvalue weighted by atomic mass is 32.1. The molecule has 2 aromatic rings. The molecule has 0 aliphatic rings. The summed E-state index contributed by atoms with van der Waals surface area (Å²) in [4.78, 5) is 13.0. The predicted molar refractivity (Wildman–Crippen MR) is 157 cm³/mol. The van der Waals surface area contributed by atoms with Gasteiger partial charge in [-0.25, -0.2) is 0 Å². The topological polar surface area (TPSA) is 54.0 Å². The Balaban J connectivity index is 2.26. The van der Waals surface area contributed by atoms with Crippen molar-refractivity contribution < 1.29 is 23.1 Å². The zero-order valence-corrected chi connectivity index (χ0v) is 26.9. The number of methoxy groups -OCH3 is 1. The highest BCUT2D eigenvalue weighted by Gasteiger charge is 2.39. The van der Waals surface area contributed by atoms with Crippen LogP contribution in [0, 0.1) is 5.92 Å². The standard InChI is InChI=1S/C28H46O5SSi2/c1-27(2,3)35(8,9)32-19-21(20-33-36(10,11)28(4,5)6)18-31-24-16-25(30-7)23(15-22(24)17-29)26-13-12-14-34-26/h12-17,21H,18-20H2,1-11H3. The molecule has 0 N–H and O–H groups in total. The van der Waals surface area contributed by atoms with E-state index in [9.17, 15) is 4.79 Å². The van der Waals surface area contributed by atoms with E-state index in [1.807, 2.05) is 29.6 Å². The summed E-state index contributed by atoms with van der Waals surface area (Å²) in [6, 6.07) is 7.67. The molecule has 0 saturated heterocycles. The molecule has 0 amide bonds. The average molecular weight is 551 g/mol. The quantitative estimate of drug-likeness (QED) is 0.197. The van der Waals surface area contributed by atoms with Crippen LogP contribution < -0.4 is 9.47 Å². The van der Waals surface area contributed by atoms with Crippen LogP contribution in [0.15, 0.2) is 29.6 Å². The van der Waals surface area contributed by atoms with E-state index in [1.165, 1.54) is 0 Å². The third-order valence-electron chi connectivity index (χ3n) is 7.69. The first kappa shape index (κ1) is 30.8. The Bertz CT molecular complexity index is 959. The minimum absolute atomic E-state index is 0.0377. The molecule has 0 aliphatic carbocycles. The third-order valence-corrected chi connectivity index (χ3v) is 17.6. The monoisotopic (exact) mass is 550 g/mol. The van der Waals surface area contributed by atoms with Crippen LogP contribution in [0.5, 0.6) is 11.5 Å². The van der Waals surface area contributed by atoms with E-state index in [4.69, 9.17) is 18.3 Å². The van der Waals surface area contributed by atoms with Crippen molar-refractivity contribution in [1.29, 1.82) is 0 Å². The van der Waals surface area contributed by atoms with Gasteiger partial charge in [-0.15, -0.1) is 11.3 Å². The first-order valence-corrected chi connectivity index (χ1v) is 19.3. The summed E-state index contributed by atoms with van der Waals surface area (Å²) in [5, 5.41) is 2.25. The van der Waals surface area contributed by atoms with E-state index in [0.717, 1.165) is 16.7 Å². The van der Waals surface area contributed by atoms with Crippen molar-refractivity contribution in [2.45, 2.75) is 77.8 Å². The lowest BCUT2D eigenvalue weighted by atomic mass is 10.1. The van der Waals surface area contributed by atoms with Crippen LogP contribution in [0.2, 0.25) is 36.3 Å². The first-order chi connectivity index (χ1) is 16.5. The van der Waals surface area contributed by atoms with Crippen LogP contribution in [0.1, 0.15) is 51.9 Å². The summed E-state index contributed by atoms with van der Waals surface area (Å²) in [5.41, 5.74) is 1.40. The van der Waals surface area contributed by atoms with Crippen molar-refractivity contribution in [2.24, 2.45) is 5.92 Å². The second-order valence-electron chi connectivity index (χ2n) is 12.5. The van der Waals surface area contributed by atoms with Gasteiger partial charge in [0, 0.05) is 35.6 Å². The Morgan fingerprint density at radius 1 is 0.889 bits per heavy atom. The van der Waals surface area contributed by atoms with Gasteiger partial charge < -0.3 is 18.3 Å². The number of ether oxygens (including phenoxy) is 2. The molecule has 5 nitrogen and oxygen atoms in total. The maximum Gasteiger partial charge on any atom is 0.191 e. The van der Waals surface area contributed by atoms with Crippen molar-refractivity contribution in [3.8, 4) is 21.9 Å². The van der Waals surface area contributed by atoms with Crippen LogP contribution in [0.3, 0.4) is 0 Å². The third kappa shape index (κ3) is 7.77. The number of rotatable bonds is 12. The highest BCUT2D eigenvalue weighted by molar-refractivity contribution is 7.13. The van der Waals surface area contributed by atoms with Crippen LogP contribution in [0.25, 0.3) is 10.4 Å². The molecule has 0 unspecified atom stereocenters. The van der Waals surface area contributed by atoms with E-state index in [0.29, 0.717) is 36.9 Å². The van der Waals surface area contributed by atoms with Gasteiger partial charge in [0.25, 0.3) is 0 Å². The molecule has 1 heterocycles. The zero-order chi connectivity index (χ0) is 27.4. The lowest BCUT2D eigenvalue weighted by Crippen LogP contribution is -2.45. The Labute approximate surface area is 224 Å². The molecule has 0 atom stereocenters. The normalized spacial score (nSPS) is 13.2. The maximum absolute atomic E-state index is 12.0. The van der Waals surface area contributed by atoms with Crippen LogP contribution in [-0.2, 0) is 8.85 Å². The Hall–Kier alpha value is -1.46. The Morgan fingerprint density at radius 2 is 1.44 bits per heavy atom. The number of aldehydes is 1. The molecule has 1 aromatic carbocycles. The molecule has 202 valence electrons. The molecule has 8 heteroatoms. The second-order valence-corrected chi connectivity index (χ2v) is 23.1. The number of carbonyl (C=O) groups excluding carboxylic acids is 1. The number of carbonyl (C=O) groups is 1. The van der Waals surface area contributed by atoms with Crippen molar-refractivity contribution in [3.05, 3.63) is 35.2 Å². The summed E-state index contributed by atoms with van der Waals surface area (Å²) in [5.74, 6) is 1.24. The lowest BCUT2D eigenvalue weighted by molar-refractivity contribution is 0.108. The Kier molecular flexibility index (Phi) is 10.2. The molecule has 0 saturated carbocycles. The maximum atomic E-state index is 12.0. The van der Waals surface area contributed by atoms with Crippen LogP contribution in [-0.4, -0.2) is 49.9 Å². The van der Waals surface area contributed by atoms with Gasteiger partial charge >= 0.3 is 0 Å². The van der Waals surface area contributed by atoms with Crippen molar-refractivity contribution in [3.63, 3.8) is 0 Å². The number of hydrogen-bond acceptors (Lipinski definition) is 6. The van der Waals surface area contributed by atoms with Crippen molar-refractivity contribution >= 4 is 34.3 Å². The zero-order valence-electron chi connectivity index (χ0n) is 24.1. The van der Waals surface area contributed by atoms with Crippen LogP contribution >= 0.6 is 11.3 Å². The smallest absolute Gasteiger partial charge is 0.191 e. The lowest BCUT2D eigenvalue weighted by Gasteiger charge is -2.39. The fourth-order valence-corrected chi connectivity index (χ4v) is 5.94. The largest absolute Gasteiger partial charge is 0.496 e. The van der Waals surface area contributed by atoms with Gasteiger partial charge in [0.2, 0.25) is 0 Å². The number of thiophene rings is 1. The van der Waals surface area contributed by atoms with Crippen molar-refractivity contribution in [2.75, 3.05) is 26.9 Å². The fraction of sp³-hybridized carbons (Fsp3) is 0.607. The minimum atomic E-state index is -1.93. The minimum Gasteiger partial charge on any atom is -0.496 e. The molecule has 0 spiro atoms. The SMILES string of the molecule is COc1cc(OCC(CO[Si](C)(C)C(C)(C)C)CO[Si](C)(C)C(C)(C)C)c(C=O)cc1-c1cccs1. The van der Waals surface area contributed by atoms with Gasteiger partial charge in [0.15, 0.2) is 22.9 Å². The van der Waals surface area contributed by atoms with E-state index < -0.39 is 16.6 Å². The molecule has 0 bridgehead atoms. The fourth-order valence-electron chi connectivity index (χ4n) is 3.03. The van der Waals surface area contributed by atoms with Crippen LogP contribution in [0.4, 0.5) is 0 Å². The van der Waals surface area contributed by atoms with Gasteiger partial charge in [-0.3, -0.25) is 4.79 Å². The molecule has 0 aliphatic heterocycles. The molecular weight excluding hydrogens is 505 g/mol. The summed E-state index contributed by atoms with van der Waals surface area (Å²) in [7, 11) is -2.23. The molecule has 36 heavy (non-hydrogen) atoms. The molecule has 0 fully saturated rings. The van der Waals surface area contributed by atoms with Gasteiger partial charge in [0.1, 0.15) is 11.5 Å². The summed E-state index contributed by atoms with van der Waals surface area (Å²) in [6.45, 7) is 24.0. The first-order valence-electron chi connectivity index (χ1n) is 12.6. The molecule has 0 radical (unpaired) electrons. The average Bonchev–Trinajstić information content (AvgIpc) is 3.31. The number of hydrogen-bond donors (Lipinski definition) is 0. The van der Waals surface area contributed by atoms with Gasteiger partial charge in [-0.2, -0.15) is 0 Å². The molecular formula is C28H46O5SSi2. The summed E-state index contributed by atoms with van der Waals surface area (Å²) in [6.07, 6.45) is 0.846. The summed E-state index contributed by atoms with van der Waals surface area (Å²) < 4.78 is 25.1. The summed E-state index contributed by atoms with van der Waals surface area (Å²) >= 11 is 1.61. The van der Waals surface area contributed by atoms with E-state index >= 15 is 0 Å². The number of benzene rings is 1. The highest BCUT2D eigenvalue weighted by Crippen LogP contribution is 2.40. The van der Waals surface area contributed by atoms with Gasteiger partial charge in [-0.05, 0) is 53.8 Å². The molecule has 2 rings (SSSR count). The van der Waals surface area contributed by atoms with E-state index in [2.05, 4.69) is 67.7 Å². The van der Waals surface area contributed by atoms with Gasteiger partial charge in [0.05, 0.1) is 19.3 Å². The van der Waals surface area contributed by atoms with E-state index in [-0.39, 0.29) is 16.0 Å². The van der Waals surface area contributed by atoms with E-state index in [1.54, 1.807) is 18.4 Å². The van der Waals surface area contributed by atoms with Gasteiger partial charge in [-0.1, -0.05) is 47.6 Å². The second kappa shape index (κ2) is 11.9. The Morgan fingerprint density at radius 3 is 1.86 bits per heavy atom. The predicted octanol–water partition coefficient (Wildman–Crippen LogP) is 8.27. The molecule has 1 aromatic heterocycles. The van der Waals surface area contributed by atoms with Crippen molar-refractivity contribution in [1.82, 2.24) is 0 Å².